The first-order chi connectivity index (χ1) is 37.1. The number of aromatic nitrogens is 3. The number of hydrogen-bond acceptors (Lipinski definition) is 11. The van der Waals surface area contributed by atoms with Gasteiger partial charge in [0.15, 0.2) is 0 Å². The molecule has 1 fully saturated rings. The van der Waals surface area contributed by atoms with Gasteiger partial charge in [0.1, 0.15) is 23.7 Å². The van der Waals surface area contributed by atoms with Gasteiger partial charge in [0.2, 0.25) is 23.6 Å². The van der Waals surface area contributed by atoms with E-state index in [1.54, 1.807) is 23.5 Å². The molecule has 4 heterocycles. The third-order valence-electron chi connectivity index (χ3n) is 15.3. The van der Waals surface area contributed by atoms with E-state index in [0.29, 0.717) is 49.3 Å². The smallest absolute Gasteiger partial charge is 0.251 e. The number of fused-ring (bicyclic) bond motifs is 2. The largest absolute Gasteiger partial charge is 0.493 e. The number of benzene rings is 3. The Bertz CT molecular complexity index is 2850. The van der Waals surface area contributed by atoms with Crippen LogP contribution in [-0.2, 0) is 51.7 Å². The normalized spacial score (nSPS) is 17.2. The molecular weight excluding hydrogens is 993 g/mol. The summed E-state index contributed by atoms with van der Waals surface area (Å²) in [5.74, 6) is 0.496. The molecule has 0 bridgehead atoms. The molecule has 0 spiro atoms. The minimum atomic E-state index is -0.871. The molecule has 0 saturated carbocycles. The number of nitrogens with zero attached hydrogens (tertiary/aromatic N) is 4. The van der Waals surface area contributed by atoms with Crippen LogP contribution < -0.4 is 26.0 Å². The summed E-state index contributed by atoms with van der Waals surface area (Å²) in [6.07, 6.45) is 12.7. The van der Waals surface area contributed by atoms with Crippen molar-refractivity contribution in [1.29, 1.82) is 0 Å². The quantitative estimate of drug-likeness (QED) is 0.0307. The molecule has 1 saturated heterocycles. The van der Waals surface area contributed by atoms with Crippen molar-refractivity contribution in [3.05, 3.63) is 111 Å². The summed E-state index contributed by atoms with van der Waals surface area (Å²) in [4.78, 5) is 78.7. The molecule has 0 unspecified atom stereocenters. The lowest BCUT2D eigenvalue weighted by molar-refractivity contribution is -0.144. The predicted octanol–water partition coefficient (Wildman–Crippen LogP) is 8.35. The number of thiazole rings is 1. The van der Waals surface area contributed by atoms with Crippen LogP contribution in [0.3, 0.4) is 0 Å². The first-order valence-corrected chi connectivity index (χ1v) is 28.6. The number of carbonyl (C=O) groups is 5. The van der Waals surface area contributed by atoms with Crippen molar-refractivity contribution in [2.45, 2.75) is 175 Å². The highest BCUT2D eigenvalue weighted by molar-refractivity contribution is 7.13. The average molecular weight is 1070 g/mol. The zero-order valence-corrected chi connectivity index (χ0v) is 46.4. The standard InChI is InChI=1S/C60H78N8O8S/c1-38-45(36-69)29-44(57(73)65-48-25-24-41-22-23-43(30-47(41)48)49-35-67-27-13-15-52(67)64-49)31-51(38)76-28-14-26-61-53(71)16-11-9-7-6-8-10-12-17-54(72)66-56(60(3,4)5)59(75)68-34-46(70)32-50(68)58(74)62-33-40-18-20-42(21-19-40)55-39(2)63-37-77-55/h18-23,29-31,35,37,46,48,50,56,69-70H,6-17,24-28,32-34,36H2,1-5H3,(H,61,71)(H,62,74)(H,65,73)(H,66,72)/t46-,48-,50+,56-/m1/s1. The first-order valence-electron chi connectivity index (χ1n) is 27.7. The van der Waals surface area contributed by atoms with E-state index in [0.717, 1.165) is 121 Å². The molecule has 3 aromatic carbocycles. The first kappa shape index (κ1) is 56.8. The molecule has 3 aliphatic rings. The van der Waals surface area contributed by atoms with Crippen LogP contribution in [0.5, 0.6) is 5.75 Å². The zero-order valence-electron chi connectivity index (χ0n) is 45.6. The Kier molecular flexibility index (Phi) is 19.4. The van der Waals surface area contributed by atoms with E-state index in [1.165, 1.54) is 10.5 Å². The van der Waals surface area contributed by atoms with Crippen molar-refractivity contribution < 1.29 is 38.9 Å². The number of unbranched alkanes of at least 4 members (excludes halogenated alkanes) is 6. The lowest BCUT2D eigenvalue weighted by Crippen LogP contribution is -2.57. The third-order valence-corrected chi connectivity index (χ3v) is 16.3. The Labute approximate surface area is 457 Å². The summed E-state index contributed by atoms with van der Waals surface area (Å²) in [7, 11) is 0. The number of aliphatic hydroxyl groups is 2. The summed E-state index contributed by atoms with van der Waals surface area (Å²) < 4.78 is 8.36. The molecule has 17 heteroatoms. The predicted molar refractivity (Wildman–Crippen MR) is 298 cm³/mol. The monoisotopic (exact) mass is 1070 g/mol. The SMILES string of the molecule is Cc1ncsc1-c1ccc(CNC(=O)[C@@H]2C[C@@H](O)CN2C(=O)[C@@H](NC(=O)CCCCCCCCCC(=O)NCCCOc2cc(C(=O)N[C@@H]3CCc4ccc(-c5cn6c(n5)CCC6)cc43)cc(CO)c2C)C(C)(C)C)cc1. The molecule has 0 radical (unpaired) electrons. The summed E-state index contributed by atoms with van der Waals surface area (Å²) in [5, 5.41) is 32.9. The second-order valence-electron chi connectivity index (χ2n) is 22.2. The molecule has 77 heavy (non-hydrogen) atoms. The second-order valence-corrected chi connectivity index (χ2v) is 23.1. The number of nitrogens with one attached hydrogen (secondary N) is 4. The van der Waals surface area contributed by atoms with E-state index < -0.39 is 23.6 Å². The molecule has 5 aromatic rings. The number of carbonyl (C=O) groups excluding carboxylic acids is 5. The maximum absolute atomic E-state index is 14.0. The van der Waals surface area contributed by atoms with Gasteiger partial charge in [-0.1, -0.05) is 89.3 Å². The van der Waals surface area contributed by atoms with Gasteiger partial charge in [0, 0.05) is 69.2 Å². The molecule has 16 nitrogen and oxygen atoms in total. The lowest BCUT2D eigenvalue weighted by atomic mass is 9.85. The number of β-amino-alcohol motifs (C(OH)–C–C–N with tert-alkyl or cyclic N) is 1. The highest BCUT2D eigenvalue weighted by Gasteiger charge is 2.44. The molecule has 4 atom stereocenters. The molecule has 2 aromatic heterocycles. The van der Waals surface area contributed by atoms with Gasteiger partial charge in [-0.15, -0.1) is 11.3 Å². The number of imidazole rings is 1. The van der Waals surface area contributed by atoms with Crippen molar-refractivity contribution in [1.82, 2.24) is 40.7 Å². The van der Waals surface area contributed by atoms with Gasteiger partial charge in [0.25, 0.3) is 5.91 Å². The Morgan fingerprint density at radius 1 is 0.870 bits per heavy atom. The van der Waals surface area contributed by atoms with Crippen LogP contribution in [0.4, 0.5) is 0 Å². The van der Waals surface area contributed by atoms with Crippen molar-refractivity contribution in [3.8, 4) is 27.4 Å². The number of hydrogen-bond donors (Lipinski definition) is 6. The van der Waals surface area contributed by atoms with E-state index in [2.05, 4.69) is 55.2 Å². The van der Waals surface area contributed by atoms with Crippen molar-refractivity contribution in [2.75, 3.05) is 19.7 Å². The van der Waals surface area contributed by atoms with Crippen LogP contribution >= 0.6 is 11.3 Å². The maximum Gasteiger partial charge on any atom is 0.251 e. The van der Waals surface area contributed by atoms with E-state index in [4.69, 9.17) is 9.72 Å². The number of aryl methyl sites for hydroxylation is 4. The van der Waals surface area contributed by atoms with Gasteiger partial charge in [0.05, 0.1) is 47.1 Å². The zero-order chi connectivity index (χ0) is 54.6. The molecule has 6 N–H and O–H groups in total. The van der Waals surface area contributed by atoms with Crippen LogP contribution in [0.15, 0.2) is 66.3 Å². The fourth-order valence-corrected chi connectivity index (χ4v) is 11.6. The highest BCUT2D eigenvalue weighted by Crippen LogP contribution is 2.36. The Morgan fingerprint density at radius 3 is 2.30 bits per heavy atom. The number of rotatable bonds is 25. The maximum atomic E-state index is 14.0. The molecular formula is C60H78N8O8S. The number of ether oxygens (including phenoxy) is 1. The fourth-order valence-electron chi connectivity index (χ4n) is 10.8. The van der Waals surface area contributed by atoms with Crippen LogP contribution in [0.2, 0.25) is 0 Å². The Morgan fingerprint density at radius 2 is 1.60 bits per heavy atom. The van der Waals surface area contributed by atoms with E-state index in [-0.39, 0.29) is 68.1 Å². The van der Waals surface area contributed by atoms with E-state index in [1.807, 2.05) is 64.4 Å². The minimum absolute atomic E-state index is 0.00498. The number of likely N-dealkylation sites (tertiary alicyclic amines) is 1. The van der Waals surface area contributed by atoms with Gasteiger partial charge in [-0.25, -0.2) is 9.97 Å². The molecule has 5 amide bonds. The summed E-state index contributed by atoms with van der Waals surface area (Å²) in [6.45, 7) is 11.4. The van der Waals surface area contributed by atoms with Crippen molar-refractivity contribution >= 4 is 40.9 Å². The van der Waals surface area contributed by atoms with Crippen LogP contribution in [0.1, 0.15) is 160 Å². The Hall–Kier alpha value is -6.43. The third kappa shape index (κ3) is 14.8. The molecule has 2 aliphatic heterocycles. The van der Waals surface area contributed by atoms with Gasteiger partial charge in [-0.3, -0.25) is 24.0 Å². The average Bonchev–Trinajstić information content (AvgIpc) is 4.29. The molecule has 8 rings (SSSR count). The summed E-state index contributed by atoms with van der Waals surface area (Å²) in [6, 6.07) is 16.0. The highest BCUT2D eigenvalue weighted by atomic mass is 32.1. The van der Waals surface area contributed by atoms with Crippen LogP contribution in [0.25, 0.3) is 21.7 Å². The van der Waals surface area contributed by atoms with Crippen molar-refractivity contribution in [3.63, 3.8) is 0 Å². The molecule has 412 valence electrons. The minimum Gasteiger partial charge on any atom is -0.493 e. The van der Waals surface area contributed by atoms with E-state index >= 15 is 0 Å². The van der Waals surface area contributed by atoms with Crippen LogP contribution in [0, 0.1) is 19.3 Å². The molecule has 1 aliphatic carbocycles. The Balaban J connectivity index is 0.681. The number of amides is 5. The lowest BCUT2D eigenvalue weighted by Gasteiger charge is -2.35. The van der Waals surface area contributed by atoms with Gasteiger partial charge < -0.3 is 45.7 Å². The second kappa shape index (κ2) is 26.3. The summed E-state index contributed by atoms with van der Waals surface area (Å²) in [5.41, 5.74) is 10.3. The van der Waals surface area contributed by atoms with E-state index in [9.17, 15) is 34.2 Å². The van der Waals surface area contributed by atoms with Gasteiger partial charge >= 0.3 is 0 Å². The number of aliphatic hydroxyl groups excluding tert-OH is 2. The summed E-state index contributed by atoms with van der Waals surface area (Å²) >= 11 is 1.58. The van der Waals surface area contributed by atoms with Gasteiger partial charge in [-0.05, 0) is 109 Å². The van der Waals surface area contributed by atoms with Crippen molar-refractivity contribution in [2.24, 2.45) is 5.41 Å². The van der Waals surface area contributed by atoms with Gasteiger partial charge in [-0.2, -0.15) is 0 Å². The topological polar surface area (TPSA) is 217 Å². The van der Waals surface area contributed by atoms with Crippen LogP contribution in [-0.4, -0.2) is 97.1 Å². The fraction of sp³-hybridized carbons (Fsp3) is 0.517.